The lowest BCUT2D eigenvalue weighted by atomic mass is 10.0. The van der Waals surface area contributed by atoms with Gasteiger partial charge in [0.2, 0.25) is 6.41 Å². The van der Waals surface area contributed by atoms with Crippen LogP contribution in [-0.2, 0) is 4.79 Å². The fraction of sp³-hybridized carbons (Fsp3) is 0.118. The molecule has 4 rings (SSSR count). The fourth-order valence-electron chi connectivity index (χ4n) is 2.99. The van der Waals surface area contributed by atoms with Gasteiger partial charge in [-0.05, 0) is 12.1 Å². The van der Waals surface area contributed by atoms with Crippen molar-refractivity contribution in [2.75, 3.05) is 24.8 Å². The average molecular weight is 388 g/mol. The molecule has 0 bridgehead atoms. The molecule has 3 N–H and O–H groups in total. The van der Waals surface area contributed by atoms with Gasteiger partial charge in [0.1, 0.15) is 11.3 Å². The molecule has 0 unspecified atom stereocenters. The van der Waals surface area contributed by atoms with Crippen molar-refractivity contribution in [1.29, 1.82) is 0 Å². The van der Waals surface area contributed by atoms with Crippen molar-refractivity contribution < 1.29 is 9.18 Å². The zero-order chi connectivity index (χ0) is 19.1. The Labute approximate surface area is 157 Å². The SMILES string of the molecule is CN(C)Nc1c(F)c(Cl)c(-c2ccc3nc(NC=O)cn3c2)c2cn[nH]c12. The number of halogens is 2. The molecule has 1 amide bonds. The van der Waals surface area contributed by atoms with Crippen molar-refractivity contribution >= 4 is 46.1 Å². The molecular formula is C17H15ClFN7O. The molecule has 138 valence electrons. The minimum absolute atomic E-state index is 0.0149. The number of H-pyrrole nitrogens is 1. The van der Waals surface area contributed by atoms with E-state index in [2.05, 4.69) is 25.9 Å². The van der Waals surface area contributed by atoms with Gasteiger partial charge < -0.3 is 15.1 Å². The summed E-state index contributed by atoms with van der Waals surface area (Å²) in [7, 11) is 3.50. The van der Waals surface area contributed by atoms with Gasteiger partial charge in [-0.25, -0.2) is 14.4 Å². The number of nitrogens with one attached hydrogen (secondary N) is 3. The number of anilines is 2. The first-order valence-corrected chi connectivity index (χ1v) is 8.34. The summed E-state index contributed by atoms with van der Waals surface area (Å²) in [5.41, 5.74) is 5.48. The van der Waals surface area contributed by atoms with Gasteiger partial charge >= 0.3 is 0 Å². The quantitative estimate of drug-likeness (QED) is 0.361. The van der Waals surface area contributed by atoms with Gasteiger partial charge in [0, 0.05) is 36.8 Å². The molecule has 0 fully saturated rings. The zero-order valence-corrected chi connectivity index (χ0v) is 15.2. The summed E-state index contributed by atoms with van der Waals surface area (Å²) in [6.07, 6.45) is 5.59. The van der Waals surface area contributed by atoms with E-state index >= 15 is 0 Å². The number of hydrogen-bond acceptors (Lipinski definition) is 5. The van der Waals surface area contributed by atoms with Crippen molar-refractivity contribution in [1.82, 2.24) is 24.6 Å². The number of carbonyl (C=O) groups is 1. The third kappa shape index (κ3) is 2.86. The van der Waals surface area contributed by atoms with E-state index in [0.29, 0.717) is 39.9 Å². The number of benzene rings is 1. The summed E-state index contributed by atoms with van der Waals surface area (Å²) in [4.78, 5) is 14.9. The Balaban J connectivity index is 1.93. The van der Waals surface area contributed by atoms with Crippen LogP contribution in [0, 0.1) is 5.82 Å². The highest BCUT2D eigenvalue weighted by Crippen LogP contribution is 2.41. The first kappa shape index (κ1) is 17.3. The van der Waals surface area contributed by atoms with Crippen LogP contribution in [0.4, 0.5) is 15.9 Å². The lowest BCUT2D eigenvalue weighted by molar-refractivity contribution is -0.105. The van der Waals surface area contributed by atoms with E-state index in [1.807, 2.05) is 0 Å². The second kappa shape index (κ2) is 6.53. The van der Waals surface area contributed by atoms with Crippen LogP contribution in [0.25, 0.3) is 27.7 Å². The van der Waals surface area contributed by atoms with Gasteiger partial charge in [0.05, 0.1) is 22.9 Å². The number of aromatic amines is 1. The molecule has 3 heterocycles. The number of aromatic nitrogens is 4. The van der Waals surface area contributed by atoms with E-state index in [1.54, 1.807) is 54.2 Å². The van der Waals surface area contributed by atoms with Crippen molar-refractivity contribution in [3.63, 3.8) is 0 Å². The Morgan fingerprint density at radius 2 is 2.15 bits per heavy atom. The zero-order valence-electron chi connectivity index (χ0n) is 14.4. The molecule has 3 aromatic heterocycles. The fourth-order valence-corrected chi connectivity index (χ4v) is 3.30. The molecule has 0 aliphatic carbocycles. The van der Waals surface area contributed by atoms with Gasteiger partial charge in [-0.15, -0.1) is 0 Å². The molecule has 0 aliphatic heterocycles. The van der Waals surface area contributed by atoms with Gasteiger partial charge in [-0.3, -0.25) is 9.89 Å². The number of nitrogens with zero attached hydrogens (tertiary/aromatic N) is 4. The smallest absolute Gasteiger partial charge is 0.212 e. The third-order valence-corrected chi connectivity index (χ3v) is 4.43. The molecule has 0 spiro atoms. The van der Waals surface area contributed by atoms with Crippen LogP contribution < -0.4 is 10.7 Å². The Bertz CT molecular complexity index is 1170. The van der Waals surface area contributed by atoms with E-state index in [1.165, 1.54) is 0 Å². The Kier molecular flexibility index (Phi) is 4.17. The first-order chi connectivity index (χ1) is 13.0. The highest BCUT2D eigenvalue weighted by atomic mass is 35.5. The Morgan fingerprint density at radius 3 is 2.89 bits per heavy atom. The monoisotopic (exact) mass is 387 g/mol. The van der Waals surface area contributed by atoms with Gasteiger partial charge in [0.15, 0.2) is 11.6 Å². The molecule has 0 saturated carbocycles. The number of amides is 1. The van der Waals surface area contributed by atoms with Gasteiger partial charge in [0.25, 0.3) is 0 Å². The first-order valence-electron chi connectivity index (χ1n) is 7.97. The van der Waals surface area contributed by atoms with E-state index < -0.39 is 5.82 Å². The molecule has 0 atom stereocenters. The van der Waals surface area contributed by atoms with Crippen molar-refractivity contribution in [3.05, 3.63) is 41.6 Å². The molecule has 27 heavy (non-hydrogen) atoms. The average Bonchev–Trinajstić information content (AvgIpc) is 3.25. The third-order valence-electron chi connectivity index (χ3n) is 4.07. The van der Waals surface area contributed by atoms with Crippen LogP contribution in [0.1, 0.15) is 0 Å². The maximum atomic E-state index is 15.0. The topological polar surface area (TPSA) is 90.3 Å². The predicted molar refractivity (Wildman–Crippen MR) is 102 cm³/mol. The number of hydrogen-bond donors (Lipinski definition) is 3. The van der Waals surface area contributed by atoms with Crippen LogP contribution in [0.3, 0.4) is 0 Å². The molecular weight excluding hydrogens is 373 g/mol. The largest absolute Gasteiger partial charge is 0.315 e. The lowest BCUT2D eigenvalue weighted by Gasteiger charge is -2.17. The summed E-state index contributed by atoms with van der Waals surface area (Å²) in [5.74, 6) is -0.162. The number of rotatable bonds is 5. The molecule has 8 nitrogen and oxygen atoms in total. The summed E-state index contributed by atoms with van der Waals surface area (Å²) < 4.78 is 16.7. The van der Waals surface area contributed by atoms with Crippen LogP contribution in [0.15, 0.2) is 30.7 Å². The summed E-state index contributed by atoms with van der Waals surface area (Å²) in [6.45, 7) is 0. The highest BCUT2D eigenvalue weighted by molar-refractivity contribution is 6.36. The minimum atomic E-state index is -0.578. The number of carbonyl (C=O) groups excluding carboxylic acids is 1. The van der Waals surface area contributed by atoms with E-state index in [9.17, 15) is 9.18 Å². The number of imidazole rings is 1. The second-order valence-corrected chi connectivity index (χ2v) is 6.49. The van der Waals surface area contributed by atoms with Crippen LogP contribution in [0.5, 0.6) is 0 Å². The molecule has 4 aromatic rings. The normalized spacial score (nSPS) is 11.4. The second-order valence-electron chi connectivity index (χ2n) is 6.11. The maximum absolute atomic E-state index is 15.0. The van der Waals surface area contributed by atoms with Crippen molar-refractivity contribution in [2.45, 2.75) is 0 Å². The summed E-state index contributed by atoms with van der Waals surface area (Å²) in [6, 6.07) is 3.55. The number of fused-ring (bicyclic) bond motifs is 2. The van der Waals surface area contributed by atoms with Crippen LogP contribution in [0.2, 0.25) is 5.02 Å². The van der Waals surface area contributed by atoms with Crippen LogP contribution >= 0.6 is 11.6 Å². The predicted octanol–water partition coefficient (Wildman–Crippen LogP) is 3.13. The molecule has 10 heteroatoms. The number of pyridine rings is 1. The number of hydrazine groups is 1. The Morgan fingerprint density at radius 1 is 1.33 bits per heavy atom. The van der Waals surface area contributed by atoms with Crippen molar-refractivity contribution in [2.24, 2.45) is 0 Å². The van der Waals surface area contributed by atoms with Gasteiger partial charge in [-0.1, -0.05) is 11.6 Å². The lowest BCUT2D eigenvalue weighted by Crippen LogP contribution is -2.20. The van der Waals surface area contributed by atoms with Crippen LogP contribution in [-0.4, -0.2) is 45.1 Å². The summed E-state index contributed by atoms with van der Waals surface area (Å²) in [5, 5.41) is 11.7. The molecule has 0 saturated heterocycles. The highest BCUT2D eigenvalue weighted by Gasteiger charge is 2.22. The molecule has 0 aliphatic rings. The van der Waals surface area contributed by atoms with E-state index in [-0.39, 0.29) is 10.7 Å². The molecule has 0 radical (unpaired) electrons. The van der Waals surface area contributed by atoms with Crippen molar-refractivity contribution in [3.8, 4) is 11.1 Å². The minimum Gasteiger partial charge on any atom is -0.315 e. The standard InChI is InChI=1S/C17H15ClFN7O/c1-25(2)24-17-15(19)14(18)13(10-5-21-23-16(10)17)9-3-4-12-22-11(20-8-27)7-26(12)6-9/h3-8,24H,1-2H3,(H,20,27)(H,21,23). The molecule has 1 aromatic carbocycles. The summed E-state index contributed by atoms with van der Waals surface area (Å²) >= 11 is 6.40. The van der Waals surface area contributed by atoms with E-state index in [4.69, 9.17) is 11.6 Å². The Hall–Kier alpha value is -3.17. The maximum Gasteiger partial charge on any atom is 0.212 e. The van der Waals surface area contributed by atoms with E-state index in [0.717, 1.165) is 0 Å². The van der Waals surface area contributed by atoms with Gasteiger partial charge in [-0.2, -0.15) is 5.10 Å².